The Morgan fingerprint density at radius 1 is 1.50 bits per heavy atom. The van der Waals surface area contributed by atoms with E-state index in [1.165, 1.54) is 0 Å². The molecular weight excluding hydrogens is 202 g/mol. The maximum Gasteiger partial charge on any atom is 0.147 e. The van der Waals surface area contributed by atoms with Gasteiger partial charge in [0, 0.05) is 25.6 Å². The molecule has 1 fully saturated rings. The molecule has 1 atom stereocenters. The van der Waals surface area contributed by atoms with E-state index in [4.69, 9.17) is 16.7 Å². The van der Waals surface area contributed by atoms with E-state index in [1.54, 1.807) is 12.4 Å². The van der Waals surface area contributed by atoms with Crippen LogP contribution >= 0.6 is 11.6 Å². The van der Waals surface area contributed by atoms with E-state index in [9.17, 15) is 0 Å². The molecule has 76 valence electrons. The van der Waals surface area contributed by atoms with Crippen molar-refractivity contribution in [1.29, 1.82) is 0 Å². The number of hydrogen-bond donors (Lipinski definition) is 1. The van der Waals surface area contributed by atoms with E-state index in [0.29, 0.717) is 11.1 Å². The highest BCUT2D eigenvalue weighted by atomic mass is 35.5. The molecule has 0 amide bonds. The highest BCUT2D eigenvalue weighted by Gasteiger charge is 2.22. The van der Waals surface area contributed by atoms with Crippen LogP contribution in [0.4, 0.5) is 5.82 Å². The van der Waals surface area contributed by atoms with Crippen molar-refractivity contribution in [2.45, 2.75) is 6.42 Å². The summed E-state index contributed by atoms with van der Waals surface area (Å²) in [5.41, 5.74) is 0. The first-order chi connectivity index (χ1) is 6.79. The largest absolute Gasteiger partial charge is 0.396 e. The van der Waals surface area contributed by atoms with Crippen molar-refractivity contribution in [2.24, 2.45) is 5.92 Å². The van der Waals surface area contributed by atoms with Gasteiger partial charge in [0.05, 0.1) is 12.4 Å². The molecule has 0 spiro atoms. The van der Waals surface area contributed by atoms with Gasteiger partial charge in [0.2, 0.25) is 0 Å². The Balaban J connectivity index is 2.06. The smallest absolute Gasteiger partial charge is 0.147 e. The minimum absolute atomic E-state index is 0.248. The summed E-state index contributed by atoms with van der Waals surface area (Å²) in [5.74, 6) is 1.21. The van der Waals surface area contributed by atoms with E-state index in [1.807, 2.05) is 0 Å². The Labute approximate surface area is 87.5 Å². The minimum atomic E-state index is 0.248. The third-order valence-corrected chi connectivity index (χ3v) is 2.67. The molecule has 0 radical (unpaired) electrons. The van der Waals surface area contributed by atoms with Crippen LogP contribution in [0.25, 0.3) is 0 Å². The number of anilines is 1. The fourth-order valence-corrected chi connectivity index (χ4v) is 1.76. The summed E-state index contributed by atoms with van der Waals surface area (Å²) in [6.07, 6.45) is 4.23. The normalized spacial score (nSPS) is 21.6. The fraction of sp³-hybridized carbons (Fsp3) is 0.556. The highest BCUT2D eigenvalue weighted by molar-refractivity contribution is 6.29. The zero-order chi connectivity index (χ0) is 9.97. The summed E-state index contributed by atoms with van der Waals surface area (Å²) in [5, 5.41) is 9.40. The first-order valence-corrected chi connectivity index (χ1v) is 5.00. The third kappa shape index (κ3) is 1.96. The lowest BCUT2D eigenvalue weighted by molar-refractivity contribution is 0.238. The summed E-state index contributed by atoms with van der Waals surface area (Å²) < 4.78 is 0. The molecule has 0 bridgehead atoms. The molecule has 1 aromatic heterocycles. The van der Waals surface area contributed by atoms with Crippen LogP contribution < -0.4 is 4.90 Å². The minimum Gasteiger partial charge on any atom is -0.396 e. The summed E-state index contributed by atoms with van der Waals surface area (Å²) in [6, 6.07) is 0. The molecule has 14 heavy (non-hydrogen) atoms. The average molecular weight is 214 g/mol. The fourth-order valence-electron chi connectivity index (χ4n) is 1.66. The SMILES string of the molecule is OCC1CCN(c2cnc(Cl)cn2)C1. The lowest BCUT2D eigenvalue weighted by Gasteiger charge is -2.16. The summed E-state index contributed by atoms with van der Waals surface area (Å²) in [4.78, 5) is 10.3. The van der Waals surface area contributed by atoms with Gasteiger partial charge in [-0.15, -0.1) is 0 Å². The number of aliphatic hydroxyl groups is 1. The molecular formula is C9H12ClN3O. The molecule has 0 aliphatic carbocycles. The van der Waals surface area contributed by atoms with Crippen LogP contribution in [0.2, 0.25) is 5.15 Å². The maximum absolute atomic E-state index is 8.99. The Morgan fingerprint density at radius 2 is 2.36 bits per heavy atom. The molecule has 1 unspecified atom stereocenters. The Kier molecular flexibility index (Phi) is 2.84. The Bertz CT molecular complexity index is 303. The topological polar surface area (TPSA) is 49.2 Å². The predicted octanol–water partition coefficient (Wildman–Crippen LogP) is 0.949. The summed E-state index contributed by atoms with van der Waals surface area (Å²) >= 11 is 5.64. The third-order valence-electron chi connectivity index (χ3n) is 2.47. The number of halogens is 1. The van der Waals surface area contributed by atoms with Crippen molar-refractivity contribution in [3.05, 3.63) is 17.5 Å². The number of rotatable bonds is 2. The van der Waals surface area contributed by atoms with Gasteiger partial charge in [-0.1, -0.05) is 11.6 Å². The van der Waals surface area contributed by atoms with Gasteiger partial charge in [-0.05, 0) is 6.42 Å². The average Bonchev–Trinajstić information content (AvgIpc) is 2.67. The van der Waals surface area contributed by atoms with Gasteiger partial charge in [0.25, 0.3) is 0 Å². The number of aliphatic hydroxyl groups excluding tert-OH is 1. The first-order valence-electron chi connectivity index (χ1n) is 4.63. The van der Waals surface area contributed by atoms with Crippen LogP contribution in [0.3, 0.4) is 0 Å². The second-order valence-corrected chi connectivity index (χ2v) is 3.87. The van der Waals surface area contributed by atoms with E-state index in [0.717, 1.165) is 25.3 Å². The lowest BCUT2D eigenvalue weighted by atomic mass is 10.1. The van der Waals surface area contributed by atoms with Gasteiger partial charge < -0.3 is 10.0 Å². The summed E-state index contributed by atoms with van der Waals surface area (Å²) in [7, 11) is 0. The van der Waals surface area contributed by atoms with Crippen molar-refractivity contribution in [3.8, 4) is 0 Å². The zero-order valence-electron chi connectivity index (χ0n) is 7.73. The van der Waals surface area contributed by atoms with Crippen molar-refractivity contribution in [2.75, 3.05) is 24.6 Å². The number of aromatic nitrogens is 2. The molecule has 1 N–H and O–H groups in total. The maximum atomic E-state index is 8.99. The van der Waals surface area contributed by atoms with Crippen molar-refractivity contribution >= 4 is 17.4 Å². The van der Waals surface area contributed by atoms with Crippen molar-refractivity contribution in [1.82, 2.24) is 9.97 Å². The van der Waals surface area contributed by atoms with Gasteiger partial charge in [-0.3, -0.25) is 0 Å². The Morgan fingerprint density at radius 3 is 2.93 bits per heavy atom. The van der Waals surface area contributed by atoms with Gasteiger partial charge in [0.1, 0.15) is 11.0 Å². The van der Waals surface area contributed by atoms with E-state index in [2.05, 4.69) is 14.9 Å². The van der Waals surface area contributed by atoms with Crippen molar-refractivity contribution in [3.63, 3.8) is 0 Å². The second kappa shape index (κ2) is 4.11. The lowest BCUT2D eigenvalue weighted by Crippen LogP contribution is -2.21. The number of hydrogen-bond acceptors (Lipinski definition) is 4. The van der Waals surface area contributed by atoms with Gasteiger partial charge in [-0.2, -0.15) is 0 Å². The molecule has 1 aliphatic rings. The van der Waals surface area contributed by atoms with Gasteiger partial charge in [-0.25, -0.2) is 9.97 Å². The molecule has 1 aliphatic heterocycles. The van der Waals surface area contributed by atoms with E-state index < -0.39 is 0 Å². The van der Waals surface area contributed by atoms with Crippen LogP contribution in [-0.2, 0) is 0 Å². The zero-order valence-corrected chi connectivity index (χ0v) is 8.48. The van der Waals surface area contributed by atoms with Crippen molar-refractivity contribution < 1.29 is 5.11 Å². The Hall–Kier alpha value is -0.870. The van der Waals surface area contributed by atoms with Crippen LogP contribution in [0.15, 0.2) is 12.4 Å². The molecule has 5 heteroatoms. The molecule has 2 heterocycles. The molecule has 4 nitrogen and oxygen atoms in total. The predicted molar refractivity (Wildman–Crippen MR) is 54.4 cm³/mol. The monoisotopic (exact) mass is 213 g/mol. The van der Waals surface area contributed by atoms with Gasteiger partial charge >= 0.3 is 0 Å². The van der Waals surface area contributed by atoms with Gasteiger partial charge in [0.15, 0.2) is 0 Å². The van der Waals surface area contributed by atoms with Crippen LogP contribution in [-0.4, -0.2) is 34.8 Å². The molecule has 1 saturated heterocycles. The van der Waals surface area contributed by atoms with Crippen LogP contribution in [0.1, 0.15) is 6.42 Å². The molecule has 0 saturated carbocycles. The highest BCUT2D eigenvalue weighted by Crippen LogP contribution is 2.21. The van der Waals surface area contributed by atoms with E-state index in [-0.39, 0.29) is 6.61 Å². The molecule has 2 rings (SSSR count). The second-order valence-electron chi connectivity index (χ2n) is 3.48. The standard InChI is InChI=1S/C9H12ClN3O/c10-8-3-12-9(4-11-8)13-2-1-7(5-13)6-14/h3-4,7,14H,1-2,5-6H2. The molecule has 0 aromatic carbocycles. The number of nitrogens with zero attached hydrogens (tertiary/aromatic N) is 3. The first kappa shape index (κ1) is 9.68. The van der Waals surface area contributed by atoms with Crippen LogP contribution in [0.5, 0.6) is 0 Å². The molecule has 1 aromatic rings. The van der Waals surface area contributed by atoms with Crippen LogP contribution in [0, 0.1) is 5.92 Å². The summed E-state index contributed by atoms with van der Waals surface area (Å²) in [6.45, 7) is 2.03. The quantitative estimate of drug-likeness (QED) is 0.795. The van der Waals surface area contributed by atoms with E-state index >= 15 is 0 Å².